The summed E-state index contributed by atoms with van der Waals surface area (Å²) in [6.45, 7) is 3.03. The molecule has 0 radical (unpaired) electrons. The monoisotopic (exact) mass is 401 g/mol. The second-order valence-electron chi connectivity index (χ2n) is 8.30. The van der Waals surface area contributed by atoms with Crippen molar-refractivity contribution >= 4 is 29.4 Å². The molecule has 5 nitrogen and oxygen atoms in total. The van der Waals surface area contributed by atoms with E-state index in [1.54, 1.807) is 0 Å². The summed E-state index contributed by atoms with van der Waals surface area (Å²) in [6.07, 6.45) is 9.28. The van der Waals surface area contributed by atoms with Crippen LogP contribution in [0, 0.1) is 5.92 Å². The summed E-state index contributed by atoms with van der Waals surface area (Å²) in [5.74, 6) is -0.0806. The molecule has 1 N–H and O–H groups in total. The van der Waals surface area contributed by atoms with Crippen molar-refractivity contribution < 1.29 is 9.59 Å². The molecular formula is C22H31N3O2S. The predicted octanol–water partition coefficient (Wildman–Crippen LogP) is 4.59. The summed E-state index contributed by atoms with van der Waals surface area (Å²) in [7, 11) is 0. The number of thioether (sulfide) groups is 1. The van der Waals surface area contributed by atoms with E-state index in [1.165, 1.54) is 30.6 Å². The van der Waals surface area contributed by atoms with Crippen LogP contribution in [0.3, 0.4) is 0 Å². The van der Waals surface area contributed by atoms with Crippen molar-refractivity contribution in [3.05, 3.63) is 24.3 Å². The fraction of sp³-hybridized carbons (Fsp3) is 0.636. The number of rotatable bonds is 4. The number of carbonyl (C=O) groups is 2. The molecule has 2 saturated heterocycles. The van der Waals surface area contributed by atoms with Gasteiger partial charge in [0.1, 0.15) is 0 Å². The van der Waals surface area contributed by atoms with Gasteiger partial charge in [-0.15, -0.1) is 11.8 Å². The highest BCUT2D eigenvalue weighted by molar-refractivity contribution is 8.00. The summed E-state index contributed by atoms with van der Waals surface area (Å²) in [6, 6.07) is 8.35. The van der Waals surface area contributed by atoms with Crippen molar-refractivity contribution in [1.82, 2.24) is 9.80 Å². The van der Waals surface area contributed by atoms with Crippen LogP contribution in [0.4, 0.5) is 10.5 Å². The lowest BCUT2D eigenvalue weighted by Gasteiger charge is -2.34. The van der Waals surface area contributed by atoms with E-state index in [4.69, 9.17) is 0 Å². The van der Waals surface area contributed by atoms with Crippen molar-refractivity contribution in [2.24, 2.45) is 5.92 Å². The van der Waals surface area contributed by atoms with Gasteiger partial charge in [0, 0.05) is 42.0 Å². The second kappa shape index (κ2) is 9.21. The van der Waals surface area contributed by atoms with Crippen LogP contribution in [-0.4, -0.2) is 53.2 Å². The smallest absolute Gasteiger partial charge is 0.320 e. The largest absolute Gasteiger partial charge is 0.326 e. The molecule has 1 aromatic rings. The van der Waals surface area contributed by atoms with E-state index in [0.717, 1.165) is 56.3 Å². The molecule has 2 heterocycles. The van der Waals surface area contributed by atoms with Gasteiger partial charge >= 0.3 is 6.03 Å². The molecule has 1 saturated carbocycles. The summed E-state index contributed by atoms with van der Waals surface area (Å²) in [5, 5.41) is 3.81. The van der Waals surface area contributed by atoms with Crippen LogP contribution in [0.2, 0.25) is 0 Å². The third-order valence-corrected chi connectivity index (χ3v) is 7.52. The molecule has 3 aliphatic rings. The summed E-state index contributed by atoms with van der Waals surface area (Å²) >= 11 is 1.96. The van der Waals surface area contributed by atoms with Crippen molar-refractivity contribution in [3.8, 4) is 0 Å². The van der Waals surface area contributed by atoms with Gasteiger partial charge < -0.3 is 15.1 Å². The SMILES string of the molecule is O=C(Nc1ccc(SC2CCCC2)cc1)[C@H]1CCCN(C(=O)N2CCCC2)C1. The summed E-state index contributed by atoms with van der Waals surface area (Å²) < 4.78 is 0. The zero-order valence-electron chi connectivity index (χ0n) is 16.6. The van der Waals surface area contributed by atoms with Crippen molar-refractivity contribution in [2.75, 3.05) is 31.5 Å². The Labute approximate surface area is 172 Å². The molecular weight excluding hydrogens is 370 g/mol. The highest BCUT2D eigenvalue weighted by Gasteiger charge is 2.31. The summed E-state index contributed by atoms with van der Waals surface area (Å²) in [4.78, 5) is 30.5. The number of carbonyl (C=O) groups excluding carboxylic acids is 2. The highest BCUT2D eigenvalue weighted by atomic mass is 32.2. The maximum Gasteiger partial charge on any atom is 0.320 e. The number of piperidine rings is 1. The lowest BCUT2D eigenvalue weighted by molar-refractivity contribution is -0.121. The minimum absolute atomic E-state index is 0.0371. The van der Waals surface area contributed by atoms with Gasteiger partial charge in [-0.1, -0.05) is 12.8 Å². The molecule has 0 bridgehead atoms. The third kappa shape index (κ3) is 4.83. The van der Waals surface area contributed by atoms with Crippen LogP contribution < -0.4 is 5.32 Å². The zero-order chi connectivity index (χ0) is 19.3. The van der Waals surface area contributed by atoms with E-state index < -0.39 is 0 Å². The first-order valence-electron chi connectivity index (χ1n) is 10.8. The Morgan fingerprint density at radius 2 is 1.54 bits per heavy atom. The number of benzene rings is 1. The van der Waals surface area contributed by atoms with Gasteiger partial charge in [-0.25, -0.2) is 4.79 Å². The molecule has 1 aliphatic carbocycles. The molecule has 28 heavy (non-hydrogen) atoms. The average Bonchev–Trinajstić information content (AvgIpc) is 3.43. The normalized spacial score (nSPS) is 23.2. The van der Waals surface area contributed by atoms with Gasteiger partial charge in [-0.05, 0) is 62.8 Å². The number of amides is 3. The van der Waals surface area contributed by atoms with E-state index in [2.05, 4.69) is 17.4 Å². The highest BCUT2D eigenvalue weighted by Crippen LogP contribution is 2.35. The topological polar surface area (TPSA) is 52.7 Å². The number of nitrogens with one attached hydrogen (secondary N) is 1. The van der Waals surface area contributed by atoms with Crippen molar-refractivity contribution in [3.63, 3.8) is 0 Å². The number of hydrogen-bond donors (Lipinski definition) is 1. The summed E-state index contributed by atoms with van der Waals surface area (Å²) in [5.41, 5.74) is 0.851. The number of likely N-dealkylation sites (tertiary alicyclic amines) is 2. The molecule has 3 fully saturated rings. The van der Waals surface area contributed by atoms with Crippen LogP contribution in [0.5, 0.6) is 0 Å². The lowest BCUT2D eigenvalue weighted by Crippen LogP contribution is -2.48. The molecule has 1 atom stereocenters. The molecule has 3 amide bonds. The second-order valence-corrected chi connectivity index (χ2v) is 9.67. The van der Waals surface area contributed by atoms with Gasteiger partial charge in [-0.2, -0.15) is 0 Å². The molecule has 0 unspecified atom stereocenters. The molecule has 0 aromatic heterocycles. The first-order chi connectivity index (χ1) is 13.7. The van der Waals surface area contributed by atoms with Crippen molar-refractivity contribution in [2.45, 2.75) is 61.5 Å². The number of hydrogen-bond acceptors (Lipinski definition) is 3. The Morgan fingerprint density at radius 1 is 0.857 bits per heavy atom. The standard InChI is InChI=1S/C22H31N3O2S/c26-21(17-6-5-15-25(16-17)22(27)24-13-3-4-14-24)23-18-9-11-20(12-10-18)28-19-7-1-2-8-19/h9-12,17,19H,1-8,13-16H2,(H,23,26)/t17-/m0/s1. The molecule has 152 valence electrons. The van der Waals surface area contributed by atoms with E-state index in [1.807, 2.05) is 33.7 Å². The Bertz CT molecular complexity index is 682. The molecule has 1 aromatic carbocycles. The number of anilines is 1. The van der Waals surface area contributed by atoms with Crippen molar-refractivity contribution in [1.29, 1.82) is 0 Å². The van der Waals surface area contributed by atoms with Gasteiger partial charge in [0.05, 0.1) is 5.92 Å². The Hall–Kier alpha value is -1.69. The quantitative estimate of drug-likeness (QED) is 0.803. The Balaban J connectivity index is 1.29. The maximum absolute atomic E-state index is 12.8. The zero-order valence-corrected chi connectivity index (χ0v) is 17.4. The first-order valence-corrected chi connectivity index (χ1v) is 11.7. The average molecular weight is 402 g/mol. The number of nitrogens with zero attached hydrogens (tertiary/aromatic N) is 2. The van der Waals surface area contributed by atoms with Gasteiger partial charge in [-0.3, -0.25) is 4.79 Å². The van der Waals surface area contributed by atoms with E-state index in [9.17, 15) is 9.59 Å². The van der Waals surface area contributed by atoms with Gasteiger partial charge in [0.2, 0.25) is 5.91 Å². The van der Waals surface area contributed by atoms with E-state index in [-0.39, 0.29) is 17.9 Å². The van der Waals surface area contributed by atoms with Crippen LogP contribution in [0.25, 0.3) is 0 Å². The van der Waals surface area contributed by atoms with Gasteiger partial charge in [0.15, 0.2) is 0 Å². The Morgan fingerprint density at radius 3 is 2.25 bits per heavy atom. The lowest BCUT2D eigenvalue weighted by atomic mass is 9.97. The number of urea groups is 1. The third-order valence-electron chi connectivity index (χ3n) is 6.17. The van der Waals surface area contributed by atoms with Crippen LogP contribution in [-0.2, 0) is 4.79 Å². The molecule has 0 spiro atoms. The predicted molar refractivity (Wildman–Crippen MR) is 114 cm³/mol. The molecule has 6 heteroatoms. The van der Waals surface area contributed by atoms with Crippen LogP contribution in [0.1, 0.15) is 51.4 Å². The fourth-order valence-electron chi connectivity index (χ4n) is 4.53. The van der Waals surface area contributed by atoms with E-state index in [0.29, 0.717) is 6.54 Å². The minimum atomic E-state index is -0.118. The first kappa shape index (κ1) is 19.6. The maximum atomic E-state index is 12.8. The fourth-order valence-corrected chi connectivity index (χ4v) is 5.78. The van der Waals surface area contributed by atoms with E-state index >= 15 is 0 Å². The van der Waals surface area contributed by atoms with Crippen LogP contribution in [0.15, 0.2) is 29.2 Å². The van der Waals surface area contributed by atoms with Gasteiger partial charge in [0.25, 0.3) is 0 Å². The Kier molecular flexibility index (Phi) is 6.45. The van der Waals surface area contributed by atoms with Crippen LogP contribution >= 0.6 is 11.8 Å². The minimum Gasteiger partial charge on any atom is -0.326 e. The molecule has 2 aliphatic heterocycles. The molecule has 4 rings (SSSR count).